The minimum Gasteiger partial charge on any atom is -0.298 e. The number of nitrogens with one attached hydrogen (secondary N) is 1. The molecule has 146 valence electrons. The van der Waals surface area contributed by atoms with Crippen LogP contribution < -0.4 is 9.62 Å². The minimum atomic E-state index is -4.00. The van der Waals surface area contributed by atoms with Crippen molar-refractivity contribution >= 4 is 61.3 Å². The number of sulfonamides is 1. The lowest BCUT2D eigenvalue weighted by Crippen LogP contribution is -2.27. The number of aryl methyl sites for hydroxylation is 1. The first kappa shape index (κ1) is 20.6. The van der Waals surface area contributed by atoms with Gasteiger partial charge in [-0.15, -0.1) is 11.3 Å². The van der Waals surface area contributed by atoms with Crippen LogP contribution in [-0.2, 0) is 10.0 Å². The molecule has 0 unspecified atom stereocenters. The molecule has 3 aromatic rings. The first-order valence-electron chi connectivity index (χ1n) is 7.96. The Kier molecular flexibility index (Phi) is 5.95. The molecule has 0 aliphatic carbocycles. The van der Waals surface area contributed by atoms with E-state index in [0.29, 0.717) is 15.8 Å². The highest BCUT2D eigenvalue weighted by atomic mass is 35.5. The summed E-state index contributed by atoms with van der Waals surface area (Å²) < 4.78 is 27.2. The van der Waals surface area contributed by atoms with Crippen LogP contribution in [-0.4, -0.2) is 26.4 Å². The molecule has 0 atom stereocenters. The van der Waals surface area contributed by atoms with Crippen molar-refractivity contribution in [3.63, 3.8) is 0 Å². The molecule has 0 bridgehead atoms. The van der Waals surface area contributed by atoms with Crippen molar-refractivity contribution in [1.82, 2.24) is 4.98 Å². The van der Waals surface area contributed by atoms with Gasteiger partial charge in [-0.2, -0.15) is 0 Å². The van der Waals surface area contributed by atoms with Crippen molar-refractivity contribution in [2.24, 2.45) is 0 Å². The van der Waals surface area contributed by atoms with E-state index in [4.69, 9.17) is 23.2 Å². The van der Waals surface area contributed by atoms with Crippen LogP contribution in [0.25, 0.3) is 0 Å². The predicted molar refractivity (Wildman–Crippen MR) is 113 cm³/mol. The number of halogens is 2. The van der Waals surface area contributed by atoms with Crippen LogP contribution in [0.3, 0.4) is 0 Å². The molecule has 0 aliphatic heterocycles. The minimum absolute atomic E-state index is 0.0162. The van der Waals surface area contributed by atoms with Crippen molar-refractivity contribution in [1.29, 1.82) is 0 Å². The Morgan fingerprint density at radius 3 is 2.43 bits per heavy atom. The van der Waals surface area contributed by atoms with E-state index < -0.39 is 15.9 Å². The van der Waals surface area contributed by atoms with Crippen molar-refractivity contribution in [2.45, 2.75) is 11.8 Å². The summed E-state index contributed by atoms with van der Waals surface area (Å²) in [4.78, 5) is 16.5. The van der Waals surface area contributed by atoms with Crippen LogP contribution in [0.5, 0.6) is 0 Å². The molecule has 6 nitrogen and oxygen atoms in total. The zero-order chi connectivity index (χ0) is 20.5. The standard InChI is InChI=1S/C18H15Cl2N3O3S2/c1-11-10-27-18(21-11)22-17(24)12-3-8-15(20)16(9-12)28(25,26)23(2)14-6-4-13(19)5-7-14/h3-10H,1-2H3,(H,21,22,24). The second-order valence-corrected chi connectivity index (χ2v) is 9.48. The van der Waals surface area contributed by atoms with Gasteiger partial charge in [0.05, 0.1) is 16.4 Å². The molecule has 2 aromatic carbocycles. The smallest absolute Gasteiger partial charge is 0.265 e. The molecular formula is C18H15Cl2N3O3S2. The van der Waals surface area contributed by atoms with Crippen LogP contribution in [0.1, 0.15) is 16.1 Å². The van der Waals surface area contributed by atoms with Gasteiger partial charge in [-0.3, -0.25) is 14.4 Å². The Hall–Kier alpha value is -2.13. The van der Waals surface area contributed by atoms with Gasteiger partial charge in [-0.05, 0) is 49.4 Å². The normalized spacial score (nSPS) is 11.3. The number of carbonyl (C=O) groups excluding carboxylic acids is 1. The van der Waals surface area contributed by atoms with Gasteiger partial charge < -0.3 is 0 Å². The fraction of sp³-hybridized carbons (Fsp3) is 0.111. The van der Waals surface area contributed by atoms with Gasteiger partial charge in [0.15, 0.2) is 5.13 Å². The number of nitrogens with zero attached hydrogens (tertiary/aromatic N) is 2. The number of thiazole rings is 1. The quantitative estimate of drug-likeness (QED) is 0.596. The summed E-state index contributed by atoms with van der Waals surface area (Å²) in [6.07, 6.45) is 0. The largest absolute Gasteiger partial charge is 0.298 e. The number of amides is 1. The van der Waals surface area contributed by atoms with Gasteiger partial charge in [-0.25, -0.2) is 13.4 Å². The third kappa shape index (κ3) is 4.30. The second kappa shape index (κ2) is 8.08. The van der Waals surface area contributed by atoms with Crippen LogP contribution in [0, 0.1) is 6.92 Å². The molecule has 10 heteroatoms. The summed E-state index contributed by atoms with van der Waals surface area (Å²) in [5.74, 6) is -0.475. The zero-order valence-electron chi connectivity index (χ0n) is 14.8. The average molecular weight is 456 g/mol. The molecule has 1 aromatic heterocycles. The molecule has 0 saturated heterocycles. The predicted octanol–water partition coefficient (Wildman–Crippen LogP) is 4.84. The Labute approximate surface area is 176 Å². The number of hydrogen-bond acceptors (Lipinski definition) is 5. The number of anilines is 2. The van der Waals surface area contributed by atoms with Gasteiger partial charge in [-0.1, -0.05) is 23.2 Å². The molecule has 0 aliphatic rings. The molecule has 0 saturated carbocycles. The Balaban J connectivity index is 1.93. The van der Waals surface area contributed by atoms with E-state index in [1.807, 2.05) is 6.92 Å². The summed E-state index contributed by atoms with van der Waals surface area (Å²) >= 11 is 13.3. The Morgan fingerprint density at radius 1 is 1.14 bits per heavy atom. The SMILES string of the molecule is Cc1csc(NC(=O)c2ccc(Cl)c(S(=O)(=O)N(C)c3ccc(Cl)cc3)c2)n1. The summed E-state index contributed by atoms with van der Waals surface area (Å²) in [6, 6.07) is 10.4. The average Bonchev–Trinajstić information content (AvgIpc) is 3.06. The number of hydrogen-bond donors (Lipinski definition) is 1. The van der Waals surface area contributed by atoms with E-state index in [0.717, 1.165) is 10.00 Å². The molecule has 28 heavy (non-hydrogen) atoms. The van der Waals surface area contributed by atoms with Crippen LogP contribution >= 0.6 is 34.5 Å². The first-order valence-corrected chi connectivity index (χ1v) is 11.0. The molecule has 3 rings (SSSR count). The number of rotatable bonds is 5. The third-order valence-electron chi connectivity index (χ3n) is 3.86. The van der Waals surface area contributed by atoms with Crippen molar-refractivity contribution in [2.75, 3.05) is 16.7 Å². The maximum absolute atomic E-state index is 13.0. The second-order valence-electron chi connectivity index (χ2n) is 5.84. The van der Waals surface area contributed by atoms with E-state index in [2.05, 4.69) is 10.3 Å². The maximum Gasteiger partial charge on any atom is 0.265 e. The summed E-state index contributed by atoms with van der Waals surface area (Å²) in [7, 11) is -2.59. The van der Waals surface area contributed by atoms with Crippen LogP contribution in [0.2, 0.25) is 10.0 Å². The zero-order valence-corrected chi connectivity index (χ0v) is 18.0. The van der Waals surface area contributed by atoms with Crippen molar-refractivity contribution < 1.29 is 13.2 Å². The van der Waals surface area contributed by atoms with Crippen molar-refractivity contribution in [3.8, 4) is 0 Å². The van der Waals surface area contributed by atoms with Gasteiger partial charge in [0.2, 0.25) is 0 Å². The molecule has 1 amide bonds. The van der Waals surface area contributed by atoms with Gasteiger partial charge in [0, 0.05) is 23.0 Å². The molecule has 0 fully saturated rings. The highest BCUT2D eigenvalue weighted by molar-refractivity contribution is 7.93. The number of benzene rings is 2. The molecular weight excluding hydrogens is 441 g/mol. The van der Waals surface area contributed by atoms with E-state index in [1.165, 1.54) is 36.6 Å². The lowest BCUT2D eigenvalue weighted by Gasteiger charge is -2.20. The maximum atomic E-state index is 13.0. The molecule has 0 radical (unpaired) electrons. The Bertz CT molecular complexity index is 1130. The van der Waals surface area contributed by atoms with Crippen LogP contribution in [0.15, 0.2) is 52.7 Å². The lowest BCUT2D eigenvalue weighted by atomic mass is 10.2. The number of aromatic nitrogens is 1. The van der Waals surface area contributed by atoms with E-state index in [9.17, 15) is 13.2 Å². The highest BCUT2D eigenvalue weighted by Crippen LogP contribution is 2.29. The van der Waals surface area contributed by atoms with E-state index in [1.54, 1.807) is 29.6 Å². The summed E-state index contributed by atoms with van der Waals surface area (Å²) in [5, 5.41) is 5.38. The lowest BCUT2D eigenvalue weighted by molar-refractivity contribution is 0.102. The van der Waals surface area contributed by atoms with Crippen molar-refractivity contribution in [3.05, 3.63) is 69.1 Å². The van der Waals surface area contributed by atoms with Gasteiger partial charge in [0.25, 0.3) is 15.9 Å². The highest BCUT2D eigenvalue weighted by Gasteiger charge is 2.25. The van der Waals surface area contributed by atoms with E-state index in [-0.39, 0.29) is 15.5 Å². The topological polar surface area (TPSA) is 79.4 Å². The number of carbonyl (C=O) groups is 1. The first-order chi connectivity index (χ1) is 13.2. The summed E-state index contributed by atoms with van der Waals surface area (Å²) in [5.41, 5.74) is 1.35. The third-order valence-corrected chi connectivity index (χ3v) is 7.26. The molecule has 0 spiro atoms. The van der Waals surface area contributed by atoms with Gasteiger partial charge >= 0.3 is 0 Å². The molecule has 1 N–H and O–H groups in total. The monoisotopic (exact) mass is 455 g/mol. The Morgan fingerprint density at radius 2 is 1.82 bits per heavy atom. The fourth-order valence-corrected chi connectivity index (χ4v) is 4.86. The fourth-order valence-electron chi connectivity index (χ4n) is 2.36. The van der Waals surface area contributed by atoms with Crippen LogP contribution in [0.4, 0.5) is 10.8 Å². The summed E-state index contributed by atoms with van der Waals surface area (Å²) in [6.45, 7) is 1.81. The van der Waals surface area contributed by atoms with Gasteiger partial charge in [0.1, 0.15) is 4.90 Å². The molecule has 1 heterocycles. The van der Waals surface area contributed by atoms with E-state index >= 15 is 0 Å².